The third-order valence-electron chi connectivity index (χ3n) is 4.45. The van der Waals surface area contributed by atoms with Gasteiger partial charge in [-0.25, -0.2) is 0 Å². The van der Waals surface area contributed by atoms with Crippen LogP contribution in [0.2, 0.25) is 0 Å². The van der Waals surface area contributed by atoms with Gasteiger partial charge in [0, 0.05) is 5.56 Å². The molecule has 0 saturated heterocycles. The third kappa shape index (κ3) is 4.39. The standard InChI is InChI=1S/C22H20N2O3/c1-16-9-8-14-19(21(16)24(26)27)22(25)23-20(18-12-6-3-7-13-18)15-17-10-4-2-5-11-17/h2-14,20H,15H2,1H3,(H,23,25). The number of para-hydroxylation sites is 1. The molecule has 1 unspecified atom stereocenters. The summed E-state index contributed by atoms with van der Waals surface area (Å²) >= 11 is 0. The number of aryl methyl sites for hydroxylation is 1. The molecule has 5 heteroatoms. The van der Waals surface area contributed by atoms with E-state index >= 15 is 0 Å². The number of amides is 1. The molecule has 0 fully saturated rings. The second-order valence-corrected chi connectivity index (χ2v) is 6.35. The van der Waals surface area contributed by atoms with Crippen LogP contribution in [0.3, 0.4) is 0 Å². The van der Waals surface area contributed by atoms with Gasteiger partial charge in [0.05, 0.1) is 11.0 Å². The van der Waals surface area contributed by atoms with Crippen molar-refractivity contribution in [3.05, 3.63) is 111 Å². The second-order valence-electron chi connectivity index (χ2n) is 6.35. The van der Waals surface area contributed by atoms with Gasteiger partial charge in [-0.3, -0.25) is 14.9 Å². The van der Waals surface area contributed by atoms with Crippen molar-refractivity contribution in [2.45, 2.75) is 19.4 Å². The van der Waals surface area contributed by atoms with Crippen LogP contribution in [-0.2, 0) is 6.42 Å². The molecule has 0 spiro atoms. The highest BCUT2D eigenvalue weighted by Gasteiger charge is 2.24. The Morgan fingerprint density at radius 3 is 2.22 bits per heavy atom. The Labute approximate surface area is 157 Å². The van der Waals surface area contributed by atoms with E-state index in [2.05, 4.69) is 5.32 Å². The lowest BCUT2D eigenvalue weighted by Crippen LogP contribution is -2.30. The predicted molar refractivity (Wildman–Crippen MR) is 105 cm³/mol. The van der Waals surface area contributed by atoms with E-state index < -0.39 is 10.8 Å². The topological polar surface area (TPSA) is 72.2 Å². The highest BCUT2D eigenvalue weighted by molar-refractivity contribution is 5.98. The van der Waals surface area contributed by atoms with Crippen molar-refractivity contribution in [3.8, 4) is 0 Å². The predicted octanol–water partition coefficient (Wildman–Crippen LogP) is 4.62. The number of nitro benzene ring substituents is 1. The number of carbonyl (C=O) groups is 1. The average molecular weight is 360 g/mol. The summed E-state index contributed by atoms with van der Waals surface area (Å²) in [7, 11) is 0. The van der Waals surface area contributed by atoms with Crippen LogP contribution in [0.15, 0.2) is 78.9 Å². The molecule has 5 nitrogen and oxygen atoms in total. The smallest absolute Gasteiger partial charge is 0.285 e. The number of nitrogens with zero attached hydrogens (tertiary/aromatic N) is 1. The highest BCUT2D eigenvalue weighted by Crippen LogP contribution is 2.25. The second kappa shape index (κ2) is 8.27. The largest absolute Gasteiger partial charge is 0.345 e. The van der Waals surface area contributed by atoms with E-state index in [1.807, 2.05) is 60.7 Å². The number of benzene rings is 3. The van der Waals surface area contributed by atoms with Crippen LogP contribution >= 0.6 is 0 Å². The maximum Gasteiger partial charge on any atom is 0.285 e. The fourth-order valence-electron chi connectivity index (χ4n) is 3.11. The summed E-state index contributed by atoms with van der Waals surface area (Å²) in [6, 6.07) is 23.9. The van der Waals surface area contributed by atoms with E-state index in [1.54, 1.807) is 19.1 Å². The number of rotatable bonds is 6. The van der Waals surface area contributed by atoms with Crippen LogP contribution in [0.1, 0.15) is 33.1 Å². The monoisotopic (exact) mass is 360 g/mol. The Kier molecular flexibility index (Phi) is 5.61. The molecular formula is C22H20N2O3. The lowest BCUT2D eigenvalue weighted by atomic mass is 9.98. The van der Waals surface area contributed by atoms with E-state index in [0.717, 1.165) is 11.1 Å². The van der Waals surface area contributed by atoms with Crippen molar-refractivity contribution in [1.29, 1.82) is 0 Å². The number of hydrogen-bond acceptors (Lipinski definition) is 3. The zero-order valence-electron chi connectivity index (χ0n) is 15.0. The summed E-state index contributed by atoms with van der Waals surface area (Å²) in [5.74, 6) is -0.449. The van der Waals surface area contributed by atoms with E-state index in [9.17, 15) is 14.9 Å². The van der Waals surface area contributed by atoms with Crippen molar-refractivity contribution in [2.75, 3.05) is 0 Å². The quantitative estimate of drug-likeness (QED) is 0.515. The normalized spacial score (nSPS) is 11.6. The van der Waals surface area contributed by atoms with Gasteiger partial charge < -0.3 is 5.32 Å². The van der Waals surface area contributed by atoms with Crippen molar-refractivity contribution < 1.29 is 9.72 Å². The molecule has 1 atom stereocenters. The molecule has 136 valence electrons. The Morgan fingerprint density at radius 2 is 1.59 bits per heavy atom. The van der Waals surface area contributed by atoms with Gasteiger partial charge in [0.1, 0.15) is 5.56 Å². The molecule has 1 amide bonds. The third-order valence-corrected chi connectivity index (χ3v) is 4.45. The Balaban J connectivity index is 1.92. The number of nitrogens with one attached hydrogen (secondary N) is 1. The van der Waals surface area contributed by atoms with Crippen LogP contribution in [0.25, 0.3) is 0 Å². The number of carbonyl (C=O) groups excluding carboxylic acids is 1. The molecule has 3 rings (SSSR count). The molecule has 3 aromatic rings. The van der Waals surface area contributed by atoms with Gasteiger partial charge in [-0.1, -0.05) is 72.8 Å². The fraction of sp³-hybridized carbons (Fsp3) is 0.136. The minimum Gasteiger partial charge on any atom is -0.345 e. The van der Waals surface area contributed by atoms with Gasteiger partial charge in [-0.05, 0) is 30.5 Å². The molecule has 0 aliphatic heterocycles. The summed E-state index contributed by atoms with van der Waals surface area (Å²) in [5.41, 5.74) is 2.41. The lowest BCUT2D eigenvalue weighted by Gasteiger charge is -2.20. The van der Waals surface area contributed by atoms with Gasteiger partial charge in [0.15, 0.2) is 0 Å². The zero-order valence-corrected chi connectivity index (χ0v) is 15.0. The highest BCUT2D eigenvalue weighted by atomic mass is 16.6. The molecule has 0 radical (unpaired) electrons. The van der Waals surface area contributed by atoms with Crippen LogP contribution in [-0.4, -0.2) is 10.8 Å². The lowest BCUT2D eigenvalue weighted by molar-refractivity contribution is -0.385. The van der Waals surface area contributed by atoms with Gasteiger partial charge in [-0.15, -0.1) is 0 Å². The van der Waals surface area contributed by atoms with Crippen LogP contribution < -0.4 is 5.32 Å². The molecule has 0 aromatic heterocycles. The van der Waals surface area contributed by atoms with Gasteiger partial charge in [0.25, 0.3) is 11.6 Å². The molecule has 27 heavy (non-hydrogen) atoms. The van der Waals surface area contributed by atoms with Crippen LogP contribution in [0.4, 0.5) is 5.69 Å². The SMILES string of the molecule is Cc1cccc(C(=O)NC(Cc2ccccc2)c2ccccc2)c1[N+](=O)[O-]. The molecule has 0 bridgehead atoms. The first-order chi connectivity index (χ1) is 13.1. The molecule has 0 heterocycles. The molecule has 0 saturated carbocycles. The summed E-state index contributed by atoms with van der Waals surface area (Å²) in [5, 5.41) is 14.4. The first-order valence-corrected chi connectivity index (χ1v) is 8.70. The fourth-order valence-corrected chi connectivity index (χ4v) is 3.11. The van der Waals surface area contributed by atoms with Gasteiger partial charge in [-0.2, -0.15) is 0 Å². The Hall–Kier alpha value is -3.47. The van der Waals surface area contributed by atoms with Crippen molar-refractivity contribution in [1.82, 2.24) is 5.32 Å². The van der Waals surface area contributed by atoms with Crippen LogP contribution in [0.5, 0.6) is 0 Å². The minimum absolute atomic E-state index is 0.0778. The summed E-state index contributed by atoms with van der Waals surface area (Å²) in [4.78, 5) is 23.8. The molecular weight excluding hydrogens is 340 g/mol. The molecule has 1 N–H and O–H groups in total. The Bertz CT molecular complexity index is 940. The van der Waals surface area contributed by atoms with Crippen molar-refractivity contribution in [2.24, 2.45) is 0 Å². The van der Waals surface area contributed by atoms with Gasteiger partial charge in [0.2, 0.25) is 0 Å². The van der Waals surface area contributed by atoms with E-state index in [1.165, 1.54) is 6.07 Å². The summed E-state index contributed by atoms with van der Waals surface area (Å²) in [6.07, 6.45) is 0.593. The number of hydrogen-bond donors (Lipinski definition) is 1. The Morgan fingerprint density at radius 1 is 0.963 bits per heavy atom. The zero-order chi connectivity index (χ0) is 19.2. The van der Waals surface area contributed by atoms with E-state index in [-0.39, 0.29) is 17.3 Å². The van der Waals surface area contributed by atoms with Crippen LogP contribution in [0, 0.1) is 17.0 Å². The van der Waals surface area contributed by atoms with Crippen molar-refractivity contribution in [3.63, 3.8) is 0 Å². The molecule has 0 aliphatic carbocycles. The van der Waals surface area contributed by atoms with E-state index in [0.29, 0.717) is 12.0 Å². The number of nitro groups is 1. The average Bonchev–Trinajstić information content (AvgIpc) is 2.68. The minimum atomic E-state index is -0.501. The summed E-state index contributed by atoms with van der Waals surface area (Å²) in [6.45, 7) is 1.63. The first-order valence-electron chi connectivity index (χ1n) is 8.70. The van der Waals surface area contributed by atoms with Gasteiger partial charge >= 0.3 is 0 Å². The maximum absolute atomic E-state index is 12.9. The van der Waals surface area contributed by atoms with E-state index in [4.69, 9.17) is 0 Å². The molecule has 0 aliphatic rings. The maximum atomic E-state index is 12.9. The van der Waals surface area contributed by atoms with Crippen molar-refractivity contribution >= 4 is 11.6 Å². The molecule has 3 aromatic carbocycles. The first kappa shape index (κ1) is 18.3. The summed E-state index contributed by atoms with van der Waals surface area (Å²) < 4.78 is 0.